The van der Waals surface area contributed by atoms with Gasteiger partial charge in [0.25, 0.3) is 0 Å². The van der Waals surface area contributed by atoms with Gasteiger partial charge in [0.15, 0.2) is 9.84 Å². The molecule has 1 unspecified atom stereocenters. The maximum Gasteiger partial charge on any atom is 0.238 e. The molecule has 0 saturated carbocycles. The Morgan fingerprint density at radius 3 is 2.26 bits per heavy atom. The average Bonchev–Trinajstić information content (AvgIpc) is 2.89. The molecular formula is C16H14FNO3S2. The van der Waals surface area contributed by atoms with Crippen LogP contribution in [0.25, 0.3) is 0 Å². The first-order valence-electron chi connectivity index (χ1n) is 6.85. The zero-order chi connectivity index (χ0) is 16.6. The molecule has 4 nitrogen and oxygen atoms in total. The van der Waals surface area contributed by atoms with Crippen molar-refractivity contribution in [3.05, 3.63) is 59.9 Å². The van der Waals surface area contributed by atoms with Crippen LogP contribution in [-0.2, 0) is 14.6 Å². The van der Waals surface area contributed by atoms with Crippen molar-refractivity contribution < 1.29 is 17.6 Å². The van der Waals surface area contributed by atoms with Gasteiger partial charge in [-0.2, -0.15) is 0 Å². The Morgan fingerprint density at radius 1 is 1.09 bits per heavy atom. The highest BCUT2D eigenvalue weighted by Crippen LogP contribution is 2.41. The molecule has 0 bridgehead atoms. The van der Waals surface area contributed by atoms with Crippen molar-refractivity contribution >= 4 is 33.2 Å². The standard InChI is InChI=1S/C16H14FNO3S2/c1-23(20,21)14-8-2-11(3-9-14)16-18(15(19)10-22-16)13-6-4-12(17)5-7-13/h2-9,16H,10H2,1H3. The van der Waals surface area contributed by atoms with E-state index in [9.17, 15) is 17.6 Å². The number of benzene rings is 2. The van der Waals surface area contributed by atoms with Crippen molar-refractivity contribution in [3.8, 4) is 0 Å². The minimum Gasteiger partial charge on any atom is -0.295 e. The van der Waals surface area contributed by atoms with Crippen LogP contribution in [0.4, 0.5) is 10.1 Å². The van der Waals surface area contributed by atoms with E-state index in [1.54, 1.807) is 29.2 Å². The first-order valence-corrected chi connectivity index (χ1v) is 9.79. The van der Waals surface area contributed by atoms with Crippen LogP contribution in [0.2, 0.25) is 0 Å². The second-order valence-corrected chi connectivity index (χ2v) is 8.33. The van der Waals surface area contributed by atoms with Gasteiger partial charge in [0, 0.05) is 11.9 Å². The predicted molar refractivity (Wildman–Crippen MR) is 88.6 cm³/mol. The molecule has 1 fully saturated rings. The molecule has 0 spiro atoms. The average molecular weight is 351 g/mol. The predicted octanol–water partition coefficient (Wildman–Crippen LogP) is 3.01. The van der Waals surface area contributed by atoms with Crippen LogP contribution in [0.1, 0.15) is 10.9 Å². The Morgan fingerprint density at radius 2 is 1.70 bits per heavy atom. The van der Waals surface area contributed by atoms with Crippen molar-refractivity contribution in [1.82, 2.24) is 0 Å². The SMILES string of the molecule is CS(=O)(=O)c1ccc(C2SCC(=O)N2c2ccc(F)cc2)cc1. The molecule has 23 heavy (non-hydrogen) atoms. The van der Waals surface area contributed by atoms with E-state index in [1.165, 1.54) is 36.0 Å². The summed E-state index contributed by atoms with van der Waals surface area (Å²) >= 11 is 1.46. The maximum atomic E-state index is 13.1. The van der Waals surface area contributed by atoms with E-state index in [1.807, 2.05) is 0 Å². The first kappa shape index (κ1) is 16.0. The molecule has 1 atom stereocenters. The number of nitrogens with zero attached hydrogens (tertiary/aromatic N) is 1. The lowest BCUT2D eigenvalue weighted by Gasteiger charge is -2.24. The molecule has 2 aromatic rings. The van der Waals surface area contributed by atoms with Crippen molar-refractivity contribution in [1.29, 1.82) is 0 Å². The number of thioether (sulfide) groups is 1. The van der Waals surface area contributed by atoms with Crippen molar-refractivity contribution in [3.63, 3.8) is 0 Å². The molecule has 1 saturated heterocycles. The van der Waals surface area contributed by atoms with Gasteiger partial charge in [-0.05, 0) is 42.0 Å². The summed E-state index contributed by atoms with van der Waals surface area (Å²) in [5.74, 6) is -0.0866. The molecule has 7 heteroatoms. The maximum absolute atomic E-state index is 13.1. The van der Waals surface area contributed by atoms with Crippen LogP contribution in [0.3, 0.4) is 0 Å². The van der Waals surface area contributed by atoms with Gasteiger partial charge in [-0.1, -0.05) is 12.1 Å². The molecule has 0 aromatic heterocycles. The Bertz CT molecular complexity index is 833. The third-order valence-electron chi connectivity index (χ3n) is 3.57. The van der Waals surface area contributed by atoms with Gasteiger partial charge in [0.05, 0.1) is 10.6 Å². The minimum atomic E-state index is -3.25. The summed E-state index contributed by atoms with van der Waals surface area (Å²) in [6, 6.07) is 12.3. The molecule has 1 amide bonds. The molecule has 0 radical (unpaired) electrons. The fourth-order valence-electron chi connectivity index (χ4n) is 2.43. The van der Waals surface area contributed by atoms with Crippen LogP contribution in [0.5, 0.6) is 0 Å². The first-order chi connectivity index (χ1) is 10.9. The Labute approximate surface area is 138 Å². The smallest absolute Gasteiger partial charge is 0.238 e. The van der Waals surface area contributed by atoms with Gasteiger partial charge in [-0.3, -0.25) is 9.69 Å². The number of rotatable bonds is 3. The molecule has 0 N–H and O–H groups in total. The van der Waals surface area contributed by atoms with Gasteiger partial charge >= 0.3 is 0 Å². The summed E-state index contributed by atoms with van der Waals surface area (Å²) in [6.07, 6.45) is 1.15. The minimum absolute atomic E-state index is 0.0567. The van der Waals surface area contributed by atoms with Crippen LogP contribution in [-0.4, -0.2) is 26.3 Å². The van der Waals surface area contributed by atoms with Gasteiger partial charge < -0.3 is 0 Å². The number of sulfone groups is 1. The van der Waals surface area contributed by atoms with Crippen molar-refractivity contribution in [2.75, 3.05) is 16.9 Å². The zero-order valence-corrected chi connectivity index (χ0v) is 13.9. The molecule has 0 aliphatic carbocycles. The van der Waals surface area contributed by atoms with Crippen LogP contribution < -0.4 is 4.90 Å². The van der Waals surface area contributed by atoms with E-state index in [2.05, 4.69) is 0 Å². The summed E-state index contributed by atoms with van der Waals surface area (Å²) in [7, 11) is -3.25. The lowest BCUT2D eigenvalue weighted by molar-refractivity contribution is -0.115. The fraction of sp³-hybridized carbons (Fsp3) is 0.188. The summed E-state index contributed by atoms with van der Waals surface area (Å²) in [5, 5.41) is -0.249. The van der Waals surface area contributed by atoms with Crippen LogP contribution in [0, 0.1) is 5.82 Å². The normalized spacial score (nSPS) is 18.4. The van der Waals surface area contributed by atoms with E-state index in [-0.39, 0.29) is 22.0 Å². The Hall–Kier alpha value is -1.86. The lowest BCUT2D eigenvalue weighted by atomic mass is 10.2. The highest BCUT2D eigenvalue weighted by atomic mass is 32.2. The van der Waals surface area contributed by atoms with E-state index >= 15 is 0 Å². The lowest BCUT2D eigenvalue weighted by Crippen LogP contribution is -2.27. The highest BCUT2D eigenvalue weighted by molar-refractivity contribution is 8.00. The number of carbonyl (C=O) groups is 1. The number of anilines is 1. The Kier molecular flexibility index (Phi) is 4.16. The molecule has 120 valence electrons. The summed E-state index contributed by atoms with van der Waals surface area (Å²) in [4.78, 5) is 14.0. The number of halogens is 1. The third-order valence-corrected chi connectivity index (χ3v) is 5.91. The van der Waals surface area contributed by atoms with E-state index in [4.69, 9.17) is 0 Å². The number of hydrogen-bond acceptors (Lipinski definition) is 4. The van der Waals surface area contributed by atoms with Crippen molar-refractivity contribution in [2.24, 2.45) is 0 Å². The Balaban J connectivity index is 1.94. The number of carbonyl (C=O) groups excluding carboxylic acids is 1. The van der Waals surface area contributed by atoms with Gasteiger partial charge in [0.2, 0.25) is 5.91 Å². The third kappa shape index (κ3) is 3.25. The summed E-state index contributed by atoms with van der Waals surface area (Å²) in [6.45, 7) is 0. The fourth-order valence-corrected chi connectivity index (χ4v) is 4.24. The molecule has 1 heterocycles. The molecular weight excluding hydrogens is 337 g/mol. The van der Waals surface area contributed by atoms with Crippen molar-refractivity contribution in [2.45, 2.75) is 10.3 Å². The van der Waals surface area contributed by atoms with E-state index in [0.717, 1.165) is 11.8 Å². The number of amides is 1. The van der Waals surface area contributed by atoms with E-state index < -0.39 is 9.84 Å². The van der Waals surface area contributed by atoms with Crippen LogP contribution >= 0.6 is 11.8 Å². The quantitative estimate of drug-likeness (QED) is 0.853. The van der Waals surface area contributed by atoms with Crippen LogP contribution in [0.15, 0.2) is 53.4 Å². The monoisotopic (exact) mass is 351 g/mol. The largest absolute Gasteiger partial charge is 0.295 e. The molecule has 1 aliphatic heterocycles. The zero-order valence-electron chi connectivity index (χ0n) is 12.3. The van der Waals surface area contributed by atoms with Gasteiger partial charge in [-0.25, -0.2) is 12.8 Å². The van der Waals surface area contributed by atoms with E-state index in [0.29, 0.717) is 11.4 Å². The van der Waals surface area contributed by atoms with Gasteiger partial charge in [-0.15, -0.1) is 11.8 Å². The highest BCUT2D eigenvalue weighted by Gasteiger charge is 2.34. The summed E-state index contributed by atoms with van der Waals surface area (Å²) in [5.41, 5.74) is 1.45. The van der Waals surface area contributed by atoms with Gasteiger partial charge in [0.1, 0.15) is 11.2 Å². The second-order valence-electron chi connectivity index (χ2n) is 5.24. The second kappa shape index (κ2) is 5.98. The summed E-state index contributed by atoms with van der Waals surface area (Å²) < 4.78 is 36.1. The molecule has 1 aliphatic rings. The molecule has 3 rings (SSSR count). The number of hydrogen-bond donors (Lipinski definition) is 0. The molecule has 2 aromatic carbocycles. The topological polar surface area (TPSA) is 54.5 Å².